The monoisotopic (exact) mass is 288 g/mol. The summed E-state index contributed by atoms with van der Waals surface area (Å²) in [6.45, 7) is 4.90. The van der Waals surface area contributed by atoms with Crippen LogP contribution in [0.1, 0.15) is 25.7 Å². The van der Waals surface area contributed by atoms with Crippen molar-refractivity contribution in [3.8, 4) is 0 Å². The van der Waals surface area contributed by atoms with Crippen molar-refractivity contribution in [1.82, 2.24) is 19.2 Å². The smallest absolute Gasteiger partial charge is 0.279 e. The van der Waals surface area contributed by atoms with Crippen LogP contribution in [0.2, 0.25) is 0 Å². The third-order valence-electron chi connectivity index (χ3n) is 4.55. The van der Waals surface area contributed by atoms with Crippen LogP contribution < -0.4 is 10.0 Å². The van der Waals surface area contributed by atoms with Gasteiger partial charge < -0.3 is 10.2 Å². The van der Waals surface area contributed by atoms with Crippen molar-refractivity contribution in [2.24, 2.45) is 0 Å². The van der Waals surface area contributed by atoms with Gasteiger partial charge in [0.2, 0.25) is 0 Å². The molecule has 6 nitrogen and oxygen atoms in total. The predicted molar refractivity (Wildman–Crippen MR) is 74.1 cm³/mol. The Kier molecular flexibility index (Phi) is 4.09. The average Bonchev–Trinajstić information content (AvgIpc) is 2.87. The van der Waals surface area contributed by atoms with Crippen LogP contribution in [0.5, 0.6) is 0 Å². The molecule has 3 fully saturated rings. The first kappa shape index (κ1) is 13.8. The second-order valence-corrected chi connectivity index (χ2v) is 7.53. The molecule has 3 aliphatic rings. The fourth-order valence-corrected chi connectivity index (χ4v) is 4.95. The maximum atomic E-state index is 12.3. The van der Waals surface area contributed by atoms with Crippen molar-refractivity contribution in [2.45, 2.75) is 37.8 Å². The van der Waals surface area contributed by atoms with Gasteiger partial charge >= 0.3 is 0 Å². The predicted octanol–water partition coefficient (Wildman–Crippen LogP) is -0.647. The number of fused-ring (bicyclic) bond motifs is 1. The molecule has 3 rings (SSSR count). The highest BCUT2D eigenvalue weighted by Gasteiger charge is 2.34. The molecule has 0 spiro atoms. The highest BCUT2D eigenvalue weighted by Crippen LogP contribution is 2.27. The normalized spacial score (nSPS) is 34.3. The number of hydrogen-bond acceptors (Lipinski definition) is 4. The van der Waals surface area contributed by atoms with Gasteiger partial charge in [-0.2, -0.15) is 17.4 Å². The van der Waals surface area contributed by atoms with Crippen molar-refractivity contribution in [1.29, 1.82) is 0 Å². The van der Waals surface area contributed by atoms with E-state index in [0.717, 1.165) is 32.5 Å². The summed E-state index contributed by atoms with van der Waals surface area (Å²) < 4.78 is 29.1. The molecule has 2 atom stereocenters. The summed E-state index contributed by atoms with van der Waals surface area (Å²) in [4.78, 5) is 2.51. The summed E-state index contributed by atoms with van der Waals surface area (Å²) >= 11 is 0. The van der Waals surface area contributed by atoms with Crippen molar-refractivity contribution in [2.75, 3.05) is 39.3 Å². The first-order chi connectivity index (χ1) is 9.15. The molecule has 19 heavy (non-hydrogen) atoms. The van der Waals surface area contributed by atoms with Crippen LogP contribution >= 0.6 is 0 Å². The summed E-state index contributed by atoms with van der Waals surface area (Å²) in [5.74, 6) is 0. The Hall–Kier alpha value is -0.210. The van der Waals surface area contributed by atoms with Gasteiger partial charge in [-0.25, -0.2) is 0 Å². The van der Waals surface area contributed by atoms with E-state index in [-0.39, 0.29) is 6.04 Å². The van der Waals surface area contributed by atoms with E-state index < -0.39 is 10.2 Å². The third-order valence-corrected chi connectivity index (χ3v) is 6.23. The quantitative estimate of drug-likeness (QED) is 0.724. The highest BCUT2D eigenvalue weighted by atomic mass is 32.2. The van der Waals surface area contributed by atoms with Gasteiger partial charge in [0.25, 0.3) is 10.2 Å². The zero-order valence-corrected chi connectivity index (χ0v) is 12.2. The van der Waals surface area contributed by atoms with Gasteiger partial charge in [0.05, 0.1) is 0 Å². The molecule has 7 heteroatoms. The second-order valence-electron chi connectivity index (χ2n) is 5.83. The van der Waals surface area contributed by atoms with E-state index in [4.69, 9.17) is 0 Å². The van der Waals surface area contributed by atoms with Gasteiger partial charge in [-0.15, -0.1) is 0 Å². The average molecular weight is 288 g/mol. The Balaban J connectivity index is 1.58. The molecule has 2 unspecified atom stereocenters. The first-order valence-electron chi connectivity index (χ1n) is 7.37. The third kappa shape index (κ3) is 3.11. The molecule has 3 aliphatic heterocycles. The van der Waals surface area contributed by atoms with Crippen molar-refractivity contribution in [3.05, 3.63) is 0 Å². The van der Waals surface area contributed by atoms with Crippen LogP contribution in [0.15, 0.2) is 0 Å². The maximum Gasteiger partial charge on any atom is 0.279 e. The number of nitrogens with one attached hydrogen (secondary N) is 2. The van der Waals surface area contributed by atoms with Crippen LogP contribution in [0.25, 0.3) is 0 Å². The second kappa shape index (κ2) is 5.65. The minimum absolute atomic E-state index is 0.124. The van der Waals surface area contributed by atoms with Crippen molar-refractivity contribution < 1.29 is 8.42 Å². The number of rotatable bonds is 3. The van der Waals surface area contributed by atoms with Crippen LogP contribution in [-0.4, -0.2) is 69.0 Å². The molecule has 3 saturated heterocycles. The molecule has 0 bridgehead atoms. The number of piperidine rings is 1. The Bertz CT molecular complexity index is 408. The van der Waals surface area contributed by atoms with Gasteiger partial charge in [0.1, 0.15) is 0 Å². The Morgan fingerprint density at radius 2 is 1.84 bits per heavy atom. The fourth-order valence-electron chi connectivity index (χ4n) is 3.50. The van der Waals surface area contributed by atoms with Gasteiger partial charge in [0, 0.05) is 38.3 Å². The molecule has 0 amide bonds. The van der Waals surface area contributed by atoms with E-state index in [0.29, 0.717) is 19.1 Å². The summed E-state index contributed by atoms with van der Waals surface area (Å²) in [7, 11) is -3.29. The van der Waals surface area contributed by atoms with Gasteiger partial charge in [-0.1, -0.05) is 0 Å². The lowest BCUT2D eigenvalue weighted by molar-refractivity contribution is 0.175. The molecule has 0 aromatic carbocycles. The van der Waals surface area contributed by atoms with Crippen LogP contribution in [0.3, 0.4) is 0 Å². The molecule has 3 heterocycles. The summed E-state index contributed by atoms with van der Waals surface area (Å²) in [6.07, 6.45) is 4.42. The molecule has 110 valence electrons. The number of hydrogen-bond donors (Lipinski definition) is 2. The zero-order chi connectivity index (χ0) is 13.3. The van der Waals surface area contributed by atoms with Crippen LogP contribution in [-0.2, 0) is 10.2 Å². The zero-order valence-electron chi connectivity index (χ0n) is 11.3. The molecule has 2 N–H and O–H groups in total. The van der Waals surface area contributed by atoms with E-state index in [1.165, 1.54) is 19.4 Å². The minimum Gasteiger partial charge on any atom is -0.314 e. The SMILES string of the molecule is O=S(=O)(NC1CCN2CCCC2C1)N1CCNCC1. The number of piperazine rings is 1. The fraction of sp³-hybridized carbons (Fsp3) is 1.00. The van der Waals surface area contributed by atoms with E-state index in [1.807, 2.05) is 0 Å². The molecule has 0 aromatic heterocycles. The summed E-state index contributed by atoms with van der Waals surface area (Å²) in [5, 5.41) is 3.18. The Morgan fingerprint density at radius 3 is 2.63 bits per heavy atom. The summed E-state index contributed by atoms with van der Waals surface area (Å²) in [5.41, 5.74) is 0. The molecular formula is C12H24N4O2S. The largest absolute Gasteiger partial charge is 0.314 e. The van der Waals surface area contributed by atoms with Gasteiger partial charge in [-0.05, 0) is 38.8 Å². The highest BCUT2D eigenvalue weighted by molar-refractivity contribution is 7.87. The lowest BCUT2D eigenvalue weighted by atomic mass is 9.99. The first-order valence-corrected chi connectivity index (χ1v) is 8.81. The topological polar surface area (TPSA) is 64.7 Å². The molecule has 0 aliphatic carbocycles. The molecule has 0 aromatic rings. The van der Waals surface area contributed by atoms with E-state index in [1.54, 1.807) is 4.31 Å². The van der Waals surface area contributed by atoms with E-state index >= 15 is 0 Å². The van der Waals surface area contributed by atoms with E-state index in [2.05, 4.69) is 14.9 Å². The van der Waals surface area contributed by atoms with Gasteiger partial charge in [0.15, 0.2) is 0 Å². The Labute approximate surface area is 115 Å². The molecule has 0 saturated carbocycles. The lowest BCUT2D eigenvalue weighted by Gasteiger charge is -2.36. The lowest BCUT2D eigenvalue weighted by Crippen LogP contribution is -2.54. The van der Waals surface area contributed by atoms with Crippen molar-refractivity contribution >= 4 is 10.2 Å². The number of nitrogens with zero attached hydrogens (tertiary/aromatic N) is 2. The van der Waals surface area contributed by atoms with Gasteiger partial charge in [-0.3, -0.25) is 0 Å². The van der Waals surface area contributed by atoms with Crippen LogP contribution in [0.4, 0.5) is 0 Å². The maximum absolute atomic E-state index is 12.3. The Morgan fingerprint density at radius 1 is 1.05 bits per heavy atom. The summed E-state index contributed by atoms with van der Waals surface area (Å²) in [6, 6.07) is 0.726. The minimum atomic E-state index is -3.29. The standard InChI is InChI=1S/C12H24N4O2S/c17-19(18,16-8-4-13-5-9-16)14-11-3-7-15-6-1-2-12(15)10-11/h11-14H,1-10H2. The van der Waals surface area contributed by atoms with Crippen LogP contribution in [0, 0.1) is 0 Å². The molecule has 0 radical (unpaired) electrons. The molecular weight excluding hydrogens is 264 g/mol. The van der Waals surface area contributed by atoms with E-state index in [9.17, 15) is 8.42 Å². The van der Waals surface area contributed by atoms with Crippen molar-refractivity contribution in [3.63, 3.8) is 0 Å².